The normalized spacial score (nSPS) is 12.3. The monoisotopic (exact) mass is 506 g/mol. The molecule has 2 aromatic carbocycles. The molecule has 184 valence electrons. The van der Waals surface area contributed by atoms with Crippen molar-refractivity contribution in [2.24, 2.45) is 0 Å². The number of nitrogens with zero attached hydrogens (tertiary/aromatic N) is 4. The van der Waals surface area contributed by atoms with Crippen molar-refractivity contribution in [3.05, 3.63) is 59.2 Å². The second kappa shape index (κ2) is 9.69. The van der Waals surface area contributed by atoms with E-state index >= 15 is 0 Å². The first-order valence-corrected chi connectivity index (χ1v) is 12.5. The Morgan fingerprint density at radius 2 is 1.82 bits per heavy atom. The zero-order valence-corrected chi connectivity index (χ0v) is 20.4. The van der Waals surface area contributed by atoms with Crippen LogP contribution in [0.3, 0.4) is 0 Å². The van der Waals surface area contributed by atoms with Crippen molar-refractivity contribution in [2.45, 2.75) is 30.5 Å². The number of rotatable bonds is 7. The smallest absolute Gasteiger partial charge is 0.270 e. The molecule has 0 spiro atoms. The molecule has 0 radical (unpaired) electrons. The van der Waals surface area contributed by atoms with Crippen LogP contribution in [0.1, 0.15) is 23.7 Å². The van der Waals surface area contributed by atoms with Gasteiger partial charge >= 0.3 is 0 Å². The Labute approximate surface area is 208 Å². The maximum absolute atomic E-state index is 10.4. The Kier molecular flexibility index (Phi) is 6.87. The summed E-state index contributed by atoms with van der Waals surface area (Å²) < 4.78 is 26.6. The fourth-order valence-electron chi connectivity index (χ4n) is 3.27. The SMILES string of the molecule is CNCc1ccc(-c2nnc(-c3nc(-c4ccc(S(O)(O)C(C)C)cc4)cnc3N)o2)c(Cl)c1.[HH].[HH].[HH]. The molecule has 0 fully saturated rings. The molecule has 0 aliphatic heterocycles. The van der Waals surface area contributed by atoms with Gasteiger partial charge < -0.3 is 15.5 Å². The molecule has 2 aromatic heterocycles. The Hall–Kier alpha value is -3.02. The number of hydrogen-bond donors (Lipinski definition) is 4. The molecular weight excluding hydrogens is 476 g/mol. The number of hydrogen-bond acceptors (Lipinski definition) is 9. The van der Waals surface area contributed by atoms with Gasteiger partial charge in [-0.25, -0.2) is 9.97 Å². The van der Waals surface area contributed by atoms with Crippen LogP contribution in [0.5, 0.6) is 0 Å². The summed E-state index contributed by atoms with van der Waals surface area (Å²) in [4.78, 5) is 9.25. The first-order chi connectivity index (χ1) is 16.2. The zero-order valence-electron chi connectivity index (χ0n) is 18.9. The van der Waals surface area contributed by atoms with Gasteiger partial charge in [0.1, 0.15) is 0 Å². The van der Waals surface area contributed by atoms with Crippen LogP contribution in [0.2, 0.25) is 5.02 Å². The highest BCUT2D eigenvalue weighted by atomic mass is 35.5. The quantitative estimate of drug-likeness (QED) is 0.234. The fraction of sp³-hybridized carbons (Fsp3) is 0.217. The minimum atomic E-state index is -2.87. The fourth-order valence-corrected chi connectivity index (χ4v) is 4.63. The highest BCUT2D eigenvalue weighted by molar-refractivity contribution is 8.24. The Balaban J connectivity index is 0.00000228. The number of aromatic nitrogens is 4. The molecule has 0 aliphatic carbocycles. The van der Waals surface area contributed by atoms with Crippen molar-refractivity contribution in [1.82, 2.24) is 25.5 Å². The summed E-state index contributed by atoms with van der Waals surface area (Å²) in [7, 11) is -1.01. The van der Waals surface area contributed by atoms with Gasteiger partial charge in [-0.1, -0.05) is 29.8 Å². The second-order valence-corrected chi connectivity index (χ2v) is 10.9. The Bertz CT molecular complexity index is 1330. The van der Waals surface area contributed by atoms with Gasteiger partial charge in [-0.3, -0.25) is 9.11 Å². The second-order valence-electron chi connectivity index (χ2n) is 7.91. The van der Waals surface area contributed by atoms with E-state index in [0.29, 0.717) is 27.7 Å². The van der Waals surface area contributed by atoms with Crippen molar-refractivity contribution in [3.63, 3.8) is 0 Å². The van der Waals surface area contributed by atoms with E-state index in [9.17, 15) is 9.11 Å². The third kappa shape index (κ3) is 4.77. The zero-order chi connectivity index (χ0) is 24.5. The molecular formula is C23H31ClN6O3S. The van der Waals surface area contributed by atoms with E-state index in [-0.39, 0.29) is 32.8 Å². The lowest BCUT2D eigenvalue weighted by atomic mass is 10.1. The first kappa shape index (κ1) is 24.1. The average molecular weight is 507 g/mol. The summed E-state index contributed by atoms with van der Waals surface area (Å²) in [5, 5.41) is 11.5. The van der Waals surface area contributed by atoms with E-state index in [4.69, 9.17) is 21.8 Å². The van der Waals surface area contributed by atoms with Crippen LogP contribution in [0.15, 0.2) is 58.0 Å². The van der Waals surface area contributed by atoms with Crippen molar-refractivity contribution in [3.8, 4) is 34.3 Å². The van der Waals surface area contributed by atoms with Gasteiger partial charge in [0, 0.05) is 21.6 Å². The molecule has 0 unspecified atom stereocenters. The van der Waals surface area contributed by atoms with E-state index in [2.05, 4.69) is 25.5 Å². The highest BCUT2D eigenvalue weighted by Gasteiger charge is 2.21. The highest BCUT2D eigenvalue weighted by Crippen LogP contribution is 2.52. The van der Waals surface area contributed by atoms with E-state index in [0.717, 1.165) is 11.1 Å². The van der Waals surface area contributed by atoms with Crippen LogP contribution in [-0.2, 0) is 6.54 Å². The van der Waals surface area contributed by atoms with Crippen LogP contribution in [-0.4, -0.2) is 41.6 Å². The molecule has 34 heavy (non-hydrogen) atoms. The van der Waals surface area contributed by atoms with Crippen molar-refractivity contribution in [1.29, 1.82) is 0 Å². The summed E-state index contributed by atoms with van der Waals surface area (Å²) >= 11 is 6.41. The van der Waals surface area contributed by atoms with Gasteiger partial charge in [0.2, 0.25) is 5.89 Å². The lowest BCUT2D eigenvalue weighted by Gasteiger charge is -2.36. The molecule has 2 heterocycles. The molecule has 9 nitrogen and oxygen atoms in total. The topological polar surface area (TPSA) is 143 Å². The van der Waals surface area contributed by atoms with Gasteiger partial charge in [-0.05, 0) is 50.7 Å². The van der Waals surface area contributed by atoms with Crippen LogP contribution < -0.4 is 11.1 Å². The molecule has 0 amide bonds. The minimum Gasteiger partial charge on any atom is -0.414 e. The van der Waals surface area contributed by atoms with Crippen LogP contribution in [0, 0.1) is 0 Å². The number of nitrogen functional groups attached to an aromatic ring is 1. The van der Waals surface area contributed by atoms with Crippen LogP contribution in [0.4, 0.5) is 5.82 Å². The minimum absolute atomic E-state index is 0. The summed E-state index contributed by atoms with van der Waals surface area (Å²) in [6.45, 7) is 4.22. The molecule has 11 heteroatoms. The predicted octanol–water partition coefficient (Wildman–Crippen LogP) is 6.07. The number of nitrogens with one attached hydrogen (secondary N) is 1. The maximum Gasteiger partial charge on any atom is 0.270 e. The molecule has 0 bridgehead atoms. The predicted molar refractivity (Wildman–Crippen MR) is 141 cm³/mol. The van der Waals surface area contributed by atoms with Crippen molar-refractivity contribution >= 4 is 28.0 Å². The largest absolute Gasteiger partial charge is 0.414 e. The van der Waals surface area contributed by atoms with Gasteiger partial charge in [0.05, 0.1) is 27.4 Å². The van der Waals surface area contributed by atoms with Crippen molar-refractivity contribution in [2.75, 3.05) is 12.8 Å². The molecule has 0 saturated heterocycles. The number of nitrogens with two attached hydrogens (primary N) is 1. The van der Waals surface area contributed by atoms with Gasteiger partial charge in [-0.15, -0.1) is 10.2 Å². The van der Waals surface area contributed by atoms with Gasteiger partial charge in [-0.2, -0.15) is 10.6 Å². The first-order valence-electron chi connectivity index (χ1n) is 10.5. The molecule has 0 aliphatic rings. The summed E-state index contributed by atoms with van der Waals surface area (Å²) in [6, 6.07) is 12.4. The Morgan fingerprint density at radius 1 is 1.12 bits per heavy atom. The van der Waals surface area contributed by atoms with Gasteiger partial charge in [0.15, 0.2) is 11.5 Å². The number of anilines is 1. The van der Waals surface area contributed by atoms with E-state index in [1.807, 2.05) is 25.2 Å². The van der Waals surface area contributed by atoms with Crippen LogP contribution >= 0.6 is 22.2 Å². The Morgan fingerprint density at radius 3 is 2.47 bits per heavy atom. The summed E-state index contributed by atoms with van der Waals surface area (Å²) in [5.41, 5.74) is 9.16. The van der Waals surface area contributed by atoms with E-state index in [1.165, 1.54) is 6.20 Å². The lowest BCUT2D eigenvalue weighted by molar-refractivity contribution is 0.476. The molecule has 0 atom stereocenters. The van der Waals surface area contributed by atoms with Crippen LogP contribution in [0.25, 0.3) is 34.3 Å². The molecule has 5 N–H and O–H groups in total. The molecule has 4 aromatic rings. The molecule has 0 saturated carbocycles. The van der Waals surface area contributed by atoms with Gasteiger partial charge in [0.25, 0.3) is 5.89 Å². The third-order valence-corrected chi connectivity index (χ3v) is 7.82. The maximum atomic E-state index is 10.4. The van der Waals surface area contributed by atoms with Crippen molar-refractivity contribution < 1.29 is 17.8 Å². The lowest BCUT2D eigenvalue weighted by Crippen LogP contribution is -2.10. The summed E-state index contributed by atoms with van der Waals surface area (Å²) in [6.07, 6.45) is 1.53. The average Bonchev–Trinajstić information content (AvgIpc) is 3.29. The number of halogens is 1. The number of benzene rings is 2. The third-order valence-electron chi connectivity index (χ3n) is 5.23. The standard InChI is InChI=1S/C23H25ClN6O3S.3H2/c1-13(2)34(31,32)16-7-5-15(6-8-16)19-12-27-21(25)20(28-19)23-30-29-22(33-23)17-9-4-14(11-26-3)10-18(17)24;;;/h4-10,12-13,26,31-32H,11H2,1-3H3,(H2,25,27);3*1H. The summed E-state index contributed by atoms with van der Waals surface area (Å²) in [5.74, 6) is 0.494. The van der Waals surface area contributed by atoms with E-state index < -0.39 is 10.6 Å². The molecule has 4 rings (SSSR count). The van der Waals surface area contributed by atoms with E-state index in [1.54, 1.807) is 38.1 Å².